The molecule has 0 amide bonds. The van der Waals surface area contributed by atoms with Crippen molar-refractivity contribution in [1.82, 2.24) is 9.78 Å². The van der Waals surface area contributed by atoms with Crippen molar-refractivity contribution in [2.45, 2.75) is 19.8 Å². The van der Waals surface area contributed by atoms with Crippen LogP contribution in [0, 0.1) is 6.07 Å². The molecule has 0 N–H and O–H groups in total. The van der Waals surface area contributed by atoms with Crippen LogP contribution in [0.15, 0.2) is 36.7 Å². The molecule has 0 fully saturated rings. The van der Waals surface area contributed by atoms with Crippen LogP contribution < -0.4 is 0 Å². The quantitative estimate of drug-likeness (QED) is 0.736. The summed E-state index contributed by atoms with van der Waals surface area (Å²) in [6.45, 7) is 4.35. The molecular formula is C12H13IrN2-. The smallest absolute Gasteiger partial charge is 0.0493 e. The molecule has 1 radical (unpaired) electrons. The van der Waals surface area contributed by atoms with E-state index in [1.807, 2.05) is 29.1 Å². The van der Waals surface area contributed by atoms with Crippen LogP contribution in [0.3, 0.4) is 0 Å². The zero-order valence-corrected chi connectivity index (χ0v) is 11.2. The maximum Gasteiger partial charge on any atom is 0.0493 e. The Bertz CT molecular complexity index is 407. The second-order valence-corrected chi connectivity index (χ2v) is 3.58. The van der Waals surface area contributed by atoms with Crippen molar-refractivity contribution in [2.24, 2.45) is 0 Å². The van der Waals surface area contributed by atoms with Gasteiger partial charge in [0.25, 0.3) is 0 Å². The summed E-state index contributed by atoms with van der Waals surface area (Å²) in [6.07, 6.45) is 3.72. The predicted molar refractivity (Wildman–Crippen MR) is 56.5 cm³/mol. The molecule has 0 spiro atoms. The van der Waals surface area contributed by atoms with Crippen molar-refractivity contribution >= 4 is 0 Å². The Kier molecular flexibility index (Phi) is 4.25. The fraction of sp³-hybridized carbons (Fsp3) is 0.250. The Hall–Kier alpha value is -0.921. The van der Waals surface area contributed by atoms with E-state index >= 15 is 0 Å². The number of para-hydroxylation sites is 1. The summed E-state index contributed by atoms with van der Waals surface area (Å²) in [5.74, 6) is 0.492. The average molecular weight is 377 g/mol. The molecule has 0 saturated carbocycles. The monoisotopic (exact) mass is 378 g/mol. The summed E-state index contributed by atoms with van der Waals surface area (Å²) in [6, 6.07) is 11.2. The topological polar surface area (TPSA) is 17.8 Å². The van der Waals surface area contributed by atoms with E-state index in [9.17, 15) is 0 Å². The molecule has 2 aromatic rings. The van der Waals surface area contributed by atoms with E-state index < -0.39 is 0 Å². The summed E-state index contributed by atoms with van der Waals surface area (Å²) in [5.41, 5.74) is 2.32. The molecule has 0 bridgehead atoms. The van der Waals surface area contributed by atoms with E-state index in [1.54, 1.807) is 6.20 Å². The Morgan fingerprint density at radius 1 is 1.33 bits per heavy atom. The molecule has 1 aromatic carbocycles. The molecule has 0 saturated heterocycles. The van der Waals surface area contributed by atoms with Crippen LogP contribution in [0.2, 0.25) is 0 Å². The summed E-state index contributed by atoms with van der Waals surface area (Å²) < 4.78 is 1.86. The van der Waals surface area contributed by atoms with Crippen molar-refractivity contribution in [3.63, 3.8) is 0 Å². The number of benzene rings is 1. The summed E-state index contributed by atoms with van der Waals surface area (Å²) >= 11 is 0. The Morgan fingerprint density at radius 3 is 2.73 bits per heavy atom. The van der Waals surface area contributed by atoms with Crippen LogP contribution in [0.4, 0.5) is 0 Å². The molecule has 0 aliphatic heterocycles. The van der Waals surface area contributed by atoms with Gasteiger partial charge in [-0.3, -0.25) is 4.68 Å². The molecule has 2 nitrogen and oxygen atoms in total. The van der Waals surface area contributed by atoms with Crippen LogP contribution in [0.5, 0.6) is 0 Å². The zero-order chi connectivity index (χ0) is 9.97. The van der Waals surface area contributed by atoms with Gasteiger partial charge in [-0.25, -0.2) is 0 Å². The standard InChI is InChI=1S/C12H13N2.Ir/c1-10(2)11-6-3-4-7-12(11)14-9-5-8-13-14;/h3-6,8-10H,1-2H3;/q-1;. The Labute approximate surface area is 104 Å². The summed E-state index contributed by atoms with van der Waals surface area (Å²) in [4.78, 5) is 0. The van der Waals surface area contributed by atoms with Gasteiger partial charge in [0, 0.05) is 32.5 Å². The molecule has 0 unspecified atom stereocenters. The first-order chi connectivity index (χ1) is 6.79. The zero-order valence-electron chi connectivity index (χ0n) is 8.77. The molecule has 2 rings (SSSR count). The van der Waals surface area contributed by atoms with Gasteiger partial charge >= 0.3 is 0 Å². The van der Waals surface area contributed by atoms with Gasteiger partial charge in [-0.1, -0.05) is 19.8 Å². The SMILES string of the molecule is CC(C)c1ccc[c-]c1-n1cccn1.[Ir]. The molecular weight excluding hydrogens is 364 g/mol. The molecule has 15 heavy (non-hydrogen) atoms. The molecule has 1 aromatic heterocycles. The summed E-state index contributed by atoms with van der Waals surface area (Å²) in [5, 5.41) is 4.21. The summed E-state index contributed by atoms with van der Waals surface area (Å²) in [7, 11) is 0. The van der Waals surface area contributed by atoms with Crippen molar-refractivity contribution < 1.29 is 20.1 Å². The van der Waals surface area contributed by atoms with E-state index in [2.05, 4.69) is 31.1 Å². The molecule has 0 aliphatic rings. The van der Waals surface area contributed by atoms with Crippen LogP contribution in [0.25, 0.3) is 5.69 Å². The third kappa shape index (κ3) is 2.55. The normalized spacial score (nSPS) is 10.1. The number of rotatable bonds is 2. The fourth-order valence-electron chi connectivity index (χ4n) is 1.51. The van der Waals surface area contributed by atoms with Gasteiger partial charge < -0.3 is 0 Å². The number of aromatic nitrogens is 2. The number of hydrogen-bond donors (Lipinski definition) is 0. The maximum absolute atomic E-state index is 4.21. The minimum absolute atomic E-state index is 0. The minimum Gasteiger partial charge on any atom is -0.265 e. The van der Waals surface area contributed by atoms with Crippen LogP contribution >= 0.6 is 0 Å². The molecule has 0 atom stereocenters. The first-order valence-electron chi connectivity index (χ1n) is 4.79. The minimum atomic E-state index is 0. The fourth-order valence-corrected chi connectivity index (χ4v) is 1.51. The van der Waals surface area contributed by atoms with E-state index in [0.29, 0.717) is 5.92 Å². The van der Waals surface area contributed by atoms with E-state index in [4.69, 9.17) is 0 Å². The van der Waals surface area contributed by atoms with Crippen LogP contribution in [-0.4, -0.2) is 9.78 Å². The van der Waals surface area contributed by atoms with Gasteiger partial charge in [0.05, 0.1) is 0 Å². The van der Waals surface area contributed by atoms with Gasteiger partial charge in [-0.05, 0) is 11.8 Å². The van der Waals surface area contributed by atoms with Gasteiger partial charge in [0.1, 0.15) is 0 Å². The average Bonchev–Trinajstić information content (AvgIpc) is 2.70. The van der Waals surface area contributed by atoms with E-state index in [-0.39, 0.29) is 20.1 Å². The predicted octanol–water partition coefficient (Wildman–Crippen LogP) is 2.79. The molecule has 1 heterocycles. The number of nitrogens with zero attached hydrogens (tertiary/aromatic N) is 2. The maximum atomic E-state index is 4.21. The van der Waals surface area contributed by atoms with Crippen molar-refractivity contribution in [3.8, 4) is 5.69 Å². The van der Waals surface area contributed by atoms with Crippen LogP contribution in [-0.2, 0) is 20.1 Å². The van der Waals surface area contributed by atoms with Crippen molar-refractivity contribution in [3.05, 3.63) is 48.3 Å². The van der Waals surface area contributed by atoms with Crippen molar-refractivity contribution in [2.75, 3.05) is 0 Å². The van der Waals surface area contributed by atoms with Gasteiger partial charge in [-0.15, -0.1) is 5.56 Å². The third-order valence-electron chi connectivity index (χ3n) is 2.22. The molecule has 3 heteroatoms. The molecule has 81 valence electrons. The number of hydrogen-bond acceptors (Lipinski definition) is 1. The Morgan fingerprint density at radius 2 is 2.13 bits per heavy atom. The van der Waals surface area contributed by atoms with Gasteiger partial charge in [0.2, 0.25) is 0 Å². The first kappa shape index (κ1) is 12.2. The van der Waals surface area contributed by atoms with E-state index in [0.717, 1.165) is 5.69 Å². The third-order valence-corrected chi connectivity index (χ3v) is 2.22. The van der Waals surface area contributed by atoms with Gasteiger partial charge in [-0.2, -0.15) is 29.4 Å². The second kappa shape index (κ2) is 5.24. The van der Waals surface area contributed by atoms with Crippen molar-refractivity contribution in [1.29, 1.82) is 0 Å². The first-order valence-corrected chi connectivity index (χ1v) is 4.79. The second-order valence-electron chi connectivity index (χ2n) is 3.58. The van der Waals surface area contributed by atoms with Crippen LogP contribution in [0.1, 0.15) is 25.3 Å². The van der Waals surface area contributed by atoms with E-state index in [1.165, 1.54) is 5.56 Å². The van der Waals surface area contributed by atoms with Gasteiger partial charge in [0.15, 0.2) is 0 Å². The largest absolute Gasteiger partial charge is 0.265 e. The molecule has 0 aliphatic carbocycles. The Balaban J connectivity index is 0.00000112.